The molecule has 2 aromatic heterocycles. The van der Waals surface area contributed by atoms with Gasteiger partial charge < -0.3 is 15.7 Å². The Bertz CT molecular complexity index is 1390. The maximum absolute atomic E-state index is 13.3. The molecule has 36 heavy (non-hydrogen) atoms. The number of halogens is 2. The number of hydrogen-bond acceptors (Lipinski definition) is 5. The highest BCUT2D eigenvalue weighted by atomic mass is 35.5. The minimum absolute atomic E-state index is 0.0187. The van der Waals surface area contributed by atoms with Crippen LogP contribution in [0, 0.1) is 5.92 Å². The second-order valence-corrected chi connectivity index (χ2v) is 9.12. The summed E-state index contributed by atoms with van der Waals surface area (Å²) in [6.07, 6.45) is 0.580. The van der Waals surface area contributed by atoms with Gasteiger partial charge in [-0.05, 0) is 42.3 Å². The van der Waals surface area contributed by atoms with Crippen molar-refractivity contribution in [2.75, 3.05) is 5.32 Å². The van der Waals surface area contributed by atoms with Crippen molar-refractivity contribution in [1.29, 1.82) is 0 Å². The molecule has 1 atom stereocenters. The van der Waals surface area contributed by atoms with Gasteiger partial charge in [-0.1, -0.05) is 61.3 Å². The number of nitrogens with zero attached hydrogens (tertiary/aromatic N) is 3. The number of carbonyl (C=O) groups excluding carboxylic acids is 2. The molecule has 0 aliphatic heterocycles. The van der Waals surface area contributed by atoms with Gasteiger partial charge >= 0.3 is 0 Å². The lowest BCUT2D eigenvalue weighted by Gasteiger charge is -2.14. The monoisotopic (exact) mass is 523 g/mol. The third-order valence-corrected chi connectivity index (χ3v) is 5.96. The van der Waals surface area contributed by atoms with Gasteiger partial charge in [-0.25, -0.2) is 4.68 Å². The summed E-state index contributed by atoms with van der Waals surface area (Å²) in [6, 6.07) is 18.9. The number of anilines is 1. The molecule has 4 aromatic rings. The molecule has 0 fully saturated rings. The molecule has 1 unspecified atom stereocenters. The fourth-order valence-corrected chi connectivity index (χ4v) is 3.91. The van der Waals surface area contributed by atoms with Crippen LogP contribution in [-0.2, 0) is 0 Å². The van der Waals surface area contributed by atoms with Crippen LogP contribution < -0.4 is 10.6 Å². The van der Waals surface area contributed by atoms with E-state index >= 15 is 0 Å². The fourth-order valence-electron chi connectivity index (χ4n) is 3.35. The van der Waals surface area contributed by atoms with Crippen LogP contribution in [0.2, 0.25) is 10.0 Å². The number of amides is 2. The zero-order valence-electron chi connectivity index (χ0n) is 19.4. The zero-order chi connectivity index (χ0) is 25.8. The van der Waals surface area contributed by atoms with Crippen molar-refractivity contribution in [3.63, 3.8) is 0 Å². The van der Waals surface area contributed by atoms with Gasteiger partial charge in [0.05, 0.1) is 27.0 Å². The summed E-state index contributed by atoms with van der Waals surface area (Å²) in [5.41, 5.74) is 1.94. The summed E-state index contributed by atoms with van der Waals surface area (Å²) in [5.74, 6) is -1.06. The van der Waals surface area contributed by atoms with E-state index in [2.05, 4.69) is 20.7 Å². The number of aromatic nitrogens is 3. The summed E-state index contributed by atoms with van der Waals surface area (Å²) in [7, 11) is 0. The molecule has 0 bridgehead atoms. The number of aliphatic hydroxyl groups is 1. The number of para-hydroxylation sites is 1. The summed E-state index contributed by atoms with van der Waals surface area (Å²) in [6.45, 7) is 3.54. The van der Waals surface area contributed by atoms with Crippen molar-refractivity contribution in [3.05, 3.63) is 94.2 Å². The Labute approximate surface area is 217 Å². The average molecular weight is 524 g/mol. The lowest BCUT2D eigenvalue weighted by molar-refractivity contribution is 0.0642. The number of rotatable bonds is 7. The molecule has 2 amide bonds. The lowest BCUT2D eigenvalue weighted by Crippen LogP contribution is -2.38. The molecule has 0 saturated carbocycles. The first-order valence-electron chi connectivity index (χ1n) is 11.1. The summed E-state index contributed by atoms with van der Waals surface area (Å²) in [5, 5.41) is 20.2. The van der Waals surface area contributed by atoms with E-state index in [-0.39, 0.29) is 28.0 Å². The number of aliphatic hydroxyl groups excluding tert-OH is 1. The number of hydrogen-bond donors (Lipinski definition) is 3. The largest absolute Gasteiger partial charge is 0.373 e. The van der Waals surface area contributed by atoms with Gasteiger partial charge in [-0.2, -0.15) is 5.10 Å². The van der Waals surface area contributed by atoms with Crippen LogP contribution in [0.4, 0.5) is 5.82 Å². The molecule has 8 nitrogen and oxygen atoms in total. The minimum Gasteiger partial charge on any atom is -0.373 e. The van der Waals surface area contributed by atoms with Gasteiger partial charge in [0.25, 0.3) is 11.8 Å². The quantitative estimate of drug-likeness (QED) is 0.288. The van der Waals surface area contributed by atoms with Gasteiger partial charge in [0.1, 0.15) is 12.0 Å². The van der Waals surface area contributed by atoms with Crippen LogP contribution in [-0.4, -0.2) is 37.9 Å². The van der Waals surface area contributed by atoms with Crippen LogP contribution in [0.15, 0.2) is 72.9 Å². The molecule has 0 aliphatic rings. The highest BCUT2D eigenvalue weighted by Gasteiger charge is 2.22. The third-order valence-electron chi connectivity index (χ3n) is 5.34. The first kappa shape index (κ1) is 25.4. The molecule has 2 heterocycles. The minimum atomic E-state index is -1.05. The molecule has 10 heteroatoms. The first-order valence-corrected chi connectivity index (χ1v) is 11.9. The Hall–Kier alpha value is -3.72. The topological polar surface area (TPSA) is 109 Å². The van der Waals surface area contributed by atoms with Gasteiger partial charge in [-0.3, -0.25) is 14.6 Å². The standard InChI is InChI=1S/C26H23Cl2N5O3/c1-15(2)24(34)31-26(36)22-14-23(33(32-22)16-8-4-3-5-9-16)30-25(35)18-12-17(19(27)13-20(18)28)21-10-6-7-11-29-21/h3-15,24,34H,1-2H3,(H,30,35)(H,31,36). The second-order valence-electron chi connectivity index (χ2n) is 8.31. The van der Waals surface area contributed by atoms with E-state index in [0.717, 1.165) is 0 Å². The molecule has 0 radical (unpaired) electrons. The average Bonchev–Trinajstić information content (AvgIpc) is 3.29. The van der Waals surface area contributed by atoms with Crippen molar-refractivity contribution < 1.29 is 14.7 Å². The molecule has 0 saturated heterocycles. The maximum atomic E-state index is 13.3. The second kappa shape index (κ2) is 10.9. The molecule has 3 N–H and O–H groups in total. The fraction of sp³-hybridized carbons (Fsp3) is 0.154. The Morgan fingerprint density at radius 1 is 0.944 bits per heavy atom. The van der Waals surface area contributed by atoms with E-state index in [1.165, 1.54) is 16.8 Å². The smallest absolute Gasteiger partial charge is 0.273 e. The van der Waals surface area contributed by atoms with Crippen LogP contribution in [0.3, 0.4) is 0 Å². The molecular formula is C26H23Cl2N5O3. The first-order chi connectivity index (χ1) is 17.2. The van der Waals surface area contributed by atoms with Crippen molar-refractivity contribution in [2.45, 2.75) is 20.1 Å². The zero-order valence-corrected chi connectivity index (χ0v) is 21.0. The van der Waals surface area contributed by atoms with E-state index < -0.39 is 18.0 Å². The van der Waals surface area contributed by atoms with Crippen LogP contribution in [0.1, 0.15) is 34.7 Å². The van der Waals surface area contributed by atoms with E-state index in [4.69, 9.17) is 23.2 Å². The Kier molecular flexibility index (Phi) is 7.69. The van der Waals surface area contributed by atoms with Crippen LogP contribution >= 0.6 is 23.2 Å². The lowest BCUT2D eigenvalue weighted by atomic mass is 10.1. The molecule has 4 rings (SSSR count). The van der Waals surface area contributed by atoms with Crippen molar-refractivity contribution in [2.24, 2.45) is 5.92 Å². The number of benzene rings is 2. The Morgan fingerprint density at radius 3 is 2.33 bits per heavy atom. The molecule has 0 aliphatic carbocycles. The van der Waals surface area contributed by atoms with E-state index in [1.54, 1.807) is 62.5 Å². The van der Waals surface area contributed by atoms with Gasteiger partial charge in [0.15, 0.2) is 5.69 Å². The van der Waals surface area contributed by atoms with E-state index in [1.807, 2.05) is 12.1 Å². The Balaban J connectivity index is 1.70. The van der Waals surface area contributed by atoms with Gasteiger partial charge in [0.2, 0.25) is 0 Å². The van der Waals surface area contributed by atoms with Gasteiger partial charge in [-0.15, -0.1) is 0 Å². The predicted octanol–water partition coefficient (Wildman–Crippen LogP) is 5.20. The van der Waals surface area contributed by atoms with Crippen molar-refractivity contribution in [3.8, 4) is 16.9 Å². The van der Waals surface area contributed by atoms with Crippen molar-refractivity contribution in [1.82, 2.24) is 20.1 Å². The van der Waals surface area contributed by atoms with E-state index in [0.29, 0.717) is 22.0 Å². The van der Waals surface area contributed by atoms with Gasteiger partial charge in [0, 0.05) is 17.8 Å². The third kappa shape index (κ3) is 5.57. The highest BCUT2D eigenvalue weighted by Crippen LogP contribution is 2.32. The molecule has 2 aromatic carbocycles. The summed E-state index contributed by atoms with van der Waals surface area (Å²) in [4.78, 5) is 30.3. The van der Waals surface area contributed by atoms with Crippen molar-refractivity contribution >= 4 is 40.8 Å². The Morgan fingerprint density at radius 2 is 1.67 bits per heavy atom. The number of nitrogens with one attached hydrogen (secondary N) is 2. The molecule has 184 valence electrons. The normalized spacial score (nSPS) is 11.8. The van der Waals surface area contributed by atoms with Crippen LogP contribution in [0.25, 0.3) is 16.9 Å². The SMILES string of the molecule is CC(C)C(O)NC(=O)c1cc(NC(=O)c2cc(-c3ccccn3)c(Cl)cc2Cl)n(-c2ccccc2)n1. The van der Waals surface area contributed by atoms with E-state index in [9.17, 15) is 14.7 Å². The number of pyridine rings is 1. The van der Waals surface area contributed by atoms with Crippen LogP contribution in [0.5, 0.6) is 0 Å². The molecular weight excluding hydrogens is 501 g/mol. The number of carbonyl (C=O) groups is 2. The summed E-state index contributed by atoms with van der Waals surface area (Å²) >= 11 is 12.7. The maximum Gasteiger partial charge on any atom is 0.273 e. The highest BCUT2D eigenvalue weighted by molar-refractivity contribution is 6.38. The molecule has 0 spiro atoms. The summed E-state index contributed by atoms with van der Waals surface area (Å²) < 4.78 is 1.43. The predicted molar refractivity (Wildman–Crippen MR) is 140 cm³/mol.